The summed E-state index contributed by atoms with van der Waals surface area (Å²) in [6.45, 7) is 4.64. The molecular formula is C15H23N3O4S. The summed E-state index contributed by atoms with van der Waals surface area (Å²) in [5.41, 5.74) is -0.398. The molecule has 0 radical (unpaired) electrons. The Hall–Kier alpha value is -1.67. The van der Waals surface area contributed by atoms with Gasteiger partial charge in [0.15, 0.2) is 0 Å². The predicted molar refractivity (Wildman–Crippen MR) is 86.5 cm³/mol. The normalized spacial score (nSPS) is 14.9. The maximum atomic E-state index is 12.5. The van der Waals surface area contributed by atoms with E-state index in [4.69, 9.17) is 0 Å². The Morgan fingerprint density at radius 1 is 1.30 bits per heavy atom. The number of carbonyl (C=O) groups excluding carboxylic acids is 1. The predicted octanol–water partition coefficient (Wildman–Crippen LogP) is 0.405. The van der Waals surface area contributed by atoms with Crippen LogP contribution in [-0.2, 0) is 21.4 Å². The quantitative estimate of drug-likeness (QED) is 0.741. The van der Waals surface area contributed by atoms with E-state index < -0.39 is 15.6 Å². The minimum Gasteiger partial charge on any atom is -0.354 e. The zero-order valence-corrected chi connectivity index (χ0v) is 14.3. The number of amides is 1. The van der Waals surface area contributed by atoms with Gasteiger partial charge in [-0.25, -0.2) is 8.42 Å². The van der Waals surface area contributed by atoms with Crippen LogP contribution in [0.2, 0.25) is 0 Å². The standard InChI is InChI=1S/C15H23N3O4S/c1-3-18(4-2)23(21,22)13-7-8-15(20)17(10-13)11-14(19)16-9-12-5-6-12/h7-8,10,12H,3-6,9,11H2,1-2H3,(H,16,19). The van der Waals surface area contributed by atoms with E-state index in [9.17, 15) is 18.0 Å². The Bertz CT molecular complexity index is 718. The number of sulfonamides is 1. The molecule has 1 aliphatic carbocycles. The van der Waals surface area contributed by atoms with Crippen LogP contribution in [-0.4, -0.2) is 42.8 Å². The van der Waals surface area contributed by atoms with E-state index in [1.165, 1.54) is 22.6 Å². The molecule has 2 rings (SSSR count). The van der Waals surface area contributed by atoms with Gasteiger partial charge in [-0.05, 0) is 24.8 Å². The SMILES string of the molecule is CCN(CC)S(=O)(=O)c1ccc(=O)n(CC(=O)NCC2CC2)c1. The summed E-state index contributed by atoms with van der Waals surface area (Å²) in [6, 6.07) is 2.47. The first-order chi connectivity index (χ1) is 10.9. The largest absolute Gasteiger partial charge is 0.354 e. The van der Waals surface area contributed by atoms with Gasteiger partial charge in [0.2, 0.25) is 15.9 Å². The second kappa shape index (κ2) is 7.27. The first-order valence-electron chi connectivity index (χ1n) is 7.85. The zero-order chi connectivity index (χ0) is 17.0. The van der Waals surface area contributed by atoms with Crippen LogP contribution in [0.5, 0.6) is 0 Å². The molecule has 0 spiro atoms. The summed E-state index contributed by atoms with van der Waals surface area (Å²) in [6.07, 6.45) is 3.49. The van der Waals surface area contributed by atoms with E-state index in [1.54, 1.807) is 13.8 Å². The maximum absolute atomic E-state index is 12.5. The molecular weight excluding hydrogens is 318 g/mol. The van der Waals surface area contributed by atoms with Crippen molar-refractivity contribution in [2.24, 2.45) is 5.92 Å². The molecule has 128 valence electrons. The lowest BCUT2D eigenvalue weighted by atomic mass is 10.4. The third-order valence-corrected chi connectivity index (χ3v) is 5.93. The summed E-state index contributed by atoms with van der Waals surface area (Å²) < 4.78 is 27.4. The highest BCUT2D eigenvalue weighted by Gasteiger charge is 2.23. The fourth-order valence-corrected chi connectivity index (χ4v) is 3.77. The van der Waals surface area contributed by atoms with Crippen LogP contribution in [0, 0.1) is 5.92 Å². The fraction of sp³-hybridized carbons (Fsp3) is 0.600. The molecule has 1 aliphatic rings. The van der Waals surface area contributed by atoms with Gasteiger partial charge in [-0.3, -0.25) is 9.59 Å². The van der Waals surface area contributed by atoms with E-state index in [1.807, 2.05) is 0 Å². The molecule has 7 nitrogen and oxygen atoms in total. The monoisotopic (exact) mass is 341 g/mol. The molecule has 1 aromatic rings. The van der Waals surface area contributed by atoms with Crippen LogP contribution in [0.3, 0.4) is 0 Å². The Labute approximate surface area is 136 Å². The molecule has 1 aromatic heterocycles. The van der Waals surface area contributed by atoms with Crippen molar-refractivity contribution >= 4 is 15.9 Å². The summed E-state index contributed by atoms with van der Waals surface area (Å²) >= 11 is 0. The highest BCUT2D eigenvalue weighted by atomic mass is 32.2. The minimum absolute atomic E-state index is 0.0239. The van der Waals surface area contributed by atoms with Gasteiger partial charge in [-0.15, -0.1) is 0 Å². The summed E-state index contributed by atoms with van der Waals surface area (Å²) in [5, 5.41) is 2.77. The Morgan fingerprint density at radius 3 is 2.52 bits per heavy atom. The number of hydrogen-bond donors (Lipinski definition) is 1. The van der Waals surface area contributed by atoms with Gasteiger partial charge >= 0.3 is 0 Å². The molecule has 0 aromatic carbocycles. The molecule has 1 N–H and O–H groups in total. The Kier molecular flexibility index (Phi) is 5.59. The Balaban J connectivity index is 2.17. The lowest BCUT2D eigenvalue weighted by Crippen LogP contribution is -2.35. The van der Waals surface area contributed by atoms with Gasteiger partial charge in [0.05, 0.1) is 4.90 Å². The summed E-state index contributed by atoms with van der Waals surface area (Å²) in [5.74, 6) is 0.265. The molecule has 1 fully saturated rings. The molecule has 1 saturated carbocycles. The number of carbonyl (C=O) groups is 1. The average Bonchev–Trinajstić information content (AvgIpc) is 3.32. The Morgan fingerprint density at radius 2 is 1.96 bits per heavy atom. The minimum atomic E-state index is -3.65. The third kappa shape index (κ3) is 4.42. The fourth-order valence-electron chi connectivity index (χ4n) is 2.29. The van der Waals surface area contributed by atoms with Crippen molar-refractivity contribution in [3.8, 4) is 0 Å². The van der Waals surface area contributed by atoms with Gasteiger partial charge in [0, 0.05) is 31.9 Å². The van der Waals surface area contributed by atoms with Crippen molar-refractivity contribution in [3.63, 3.8) is 0 Å². The van der Waals surface area contributed by atoms with E-state index in [-0.39, 0.29) is 17.3 Å². The van der Waals surface area contributed by atoms with Crippen LogP contribution in [0.4, 0.5) is 0 Å². The molecule has 0 unspecified atom stereocenters. The second-order valence-electron chi connectivity index (χ2n) is 5.67. The maximum Gasteiger partial charge on any atom is 0.251 e. The van der Waals surface area contributed by atoms with Gasteiger partial charge in [-0.1, -0.05) is 13.8 Å². The lowest BCUT2D eigenvalue weighted by molar-refractivity contribution is -0.121. The molecule has 1 amide bonds. The van der Waals surface area contributed by atoms with Crippen molar-refractivity contribution in [2.45, 2.75) is 38.1 Å². The van der Waals surface area contributed by atoms with E-state index >= 15 is 0 Å². The van der Waals surface area contributed by atoms with Crippen LogP contribution >= 0.6 is 0 Å². The second-order valence-corrected chi connectivity index (χ2v) is 7.61. The third-order valence-electron chi connectivity index (χ3n) is 3.90. The number of nitrogens with zero attached hydrogens (tertiary/aromatic N) is 2. The molecule has 1 heterocycles. The molecule has 0 bridgehead atoms. The van der Waals surface area contributed by atoms with Crippen LogP contribution in [0.25, 0.3) is 0 Å². The summed E-state index contributed by atoms with van der Waals surface area (Å²) in [4.78, 5) is 23.8. The first-order valence-corrected chi connectivity index (χ1v) is 9.29. The van der Waals surface area contributed by atoms with Crippen molar-refractivity contribution in [2.75, 3.05) is 19.6 Å². The number of hydrogen-bond acceptors (Lipinski definition) is 4. The van der Waals surface area contributed by atoms with E-state index in [2.05, 4.69) is 5.32 Å². The summed E-state index contributed by atoms with van der Waals surface area (Å²) in [7, 11) is -3.65. The average molecular weight is 341 g/mol. The van der Waals surface area contributed by atoms with Gasteiger partial charge in [-0.2, -0.15) is 4.31 Å². The molecule has 0 aliphatic heterocycles. The zero-order valence-electron chi connectivity index (χ0n) is 13.5. The highest BCUT2D eigenvalue weighted by Crippen LogP contribution is 2.27. The number of pyridine rings is 1. The van der Waals surface area contributed by atoms with Crippen molar-refractivity contribution in [1.29, 1.82) is 0 Å². The van der Waals surface area contributed by atoms with Crippen LogP contribution in [0.15, 0.2) is 28.0 Å². The number of nitrogens with one attached hydrogen (secondary N) is 1. The van der Waals surface area contributed by atoms with E-state index in [0.717, 1.165) is 17.4 Å². The van der Waals surface area contributed by atoms with Crippen molar-refractivity contribution in [1.82, 2.24) is 14.2 Å². The number of aromatic nitrogens is 1. The molecule has 0 saturated heterocycles. The smallest absolute Gasteiger partial charge is 0.251 e. The van der Waals surface area contributed by atoms with Gasteiger partial charge in [0.1, 0.15) is 6.54 Å². The molecule has 23 heavy (non-hydrogen) atoms. The first kappa shape index (κ1) is 17.7. The van der Waals surface area contributed by atoms with E-state index in [0.29, 0.717) is 25.6 Å². The van der Waals surface area contributed by atoms with Crippen LogP contribution < -0.4 is 10.9 Å². The molecule has 8 heteroatoms. The van der Waals surface area contributed by atoms with Crippen molar-refractivity contribution < 1.29 is 13.2 Å². The van der Waals surface area contributed by atoms with Crippen molar-refractivity contribution in [3.05, 3.63) is 28.7 Å². The number of rotatable bonds is 8. The van der Waals surface area contributed by atoms with Gasteiger partial charge < -0.3 is 9.88 Å². The van der Waals surface area contributed by atoms with Crippen LogP contribution in [0.1, 0.15) is 26.7 Å². The van der Waals surface area contributed by atoms with Gasteiger partial charge in [0.25, 0.3) is 5.56 Å². The molecule has 0 atom stereocenters. The highest BCUT2D eigenvalue weighted by molar-refractivity contribution is 7.89. The lowest BCUT2D eigenvalue weighted by Gasteiger charge is -2.19. The topological polar surface area (TPSA) is 88.5 Å².